The Morgan fingerprint density at radius 2 is 1.85 bits per heavy atom. The molecule has 2 heterocycles. The van der Waals surface area contributed by atoms with Crippen molar-refractivity contribution in [1.82, 2.24) is 9.97 Å². The molecule has 0 aliphatic heterocycles. The van der Waals surface area contributed by atoms with Crippen LogP contribution in [0.25, 0.3) is 0 Å². The second-order valence-corrected chi connectivity index (χ2v) is 5.53. The lowest BCUT2D eigenvalue weighted by Crippen LogP contribution is -2.14. The molecule has 0 saturated heterocycles. The minimum atomic E-state index is -0.639. The number of primary amides is 1. The Kier molecular flexibility index (Phi) is 5.36. The number of ether oxygens (including phenoxy) is 1. The van der Waals surface area contributed by atoms with Crippen molar-refractivity contribution in [2.24, 2.45) is 5.73 Å². The van der Waals surface area contributed by atoms with Crippen LogP contribution in [-0.2, 0) is 6.61 Å². The van der Waals surface area contributed by atoms with E-state index >= 15 is 0 Å². The quantitative estimate of drug-likeness (QED) is 0.697. The van der Waals surface area contributed by atoms with Gasteiger partial charge in [0.1, 0.15) is 12.4 Å². The molecule has 0 unspecified atom stereocenters. The highest BCUT2D eigenvalue weighted by molar-refractivity contribution is 6.04. The van der Waals surface area contributed by atoms with Gasteiger partial charge >= 0.3 is 0 Å². The second-order valence-electron chi connectivity index (χ2n) is 5.53. The number of hydrogen-bond acceptors (Lipinski definition) is 5. The van der Waals surface area contributed by atoms with Crippen LogP contribution in [0, 0.1) is 5.82 Å². The normalized spacial score (nSPS) is 10.3. The van der Waals surface area contributed by atoms with Gasteiger partial charge in [0.25, 0.3) is 5.91 Å². The van der Waals surface area contributed by atoms with E-state index in [1.54, 1.807) is 6.07 Å². The van der Waals surface area contributed by atoms with Crippen LogP contribution in [0.3, 0.4) is 0 Å². The van der Waals surface area contributed by atoms with E-state index in [9.17, 15) is 14.0 Å². The van der Waals surface area contributed by atoms with Gasteiger partial charge in [0.15, 0.2) is 5.82 Å². The predicted molar refractivity (Wildman–Crippen MR) is 95.7 cm³/mol. The molecule has 3 aromatic rings. The number of pyridine rings is 2. The highest BCUT2D eigenvalue weighted by atomic mass is 19.1. The lowest BCUT2D eigenvalue weighted by molar-refractivity contribution is 0.0997. The van der Waals surface area contributed by atoms with Crippen LogP contribution in [0.4, 0.5) is 10.1 Å². The number of carbonyl (C=O) groups excluding carboxylic acids is 2. The molecule has 3 N–H and O–H groups in total. The standard InChI is InChI=1S/C19H15FN4O3/c20-17-13(11-27-15-8-14(18(21)25)9-23-10-15)2-1-3-16(17)24-19(26)12-4-6-22-7-5-12/h1-10H,11H2,(H2,21,25)(H,24,26). The summed E-state index contributed by atoms with van der Waals surface area (Å²) in [6, 6.07) is 9.05. The van der Waals surface area contributed by atoms with E-state index in [1.807, 2.05) is 0 Å². The number of nitrogens with zero attached hydrogens (tertiary/aromatic N) is 2. The smallest absolute Gasteiger partial charge is 0.255 e. The summed E-state index contributed by atoms with van der Waals surface area (Å²) in [6.07, 6.45) is 5.65. The Labute approximate surface area is 154 Å². The SMILES string of the molecule is NC(=O)c1cncc(OCc2cccc(NC(=O)c3ccncc3)c2F)c1. The summed E-state index contributed by atoms with van der Waals surface area (Å²) in [5.41, 5.74) is 6.00. The van der Waals surface area contributed by atoms with Crippen LogP contribution in [-0.4, -0.2) is 21.8 Å². The fourth-order valence-electron chi connectivity index (χ4n) is 2.28. The molecule has 2 amide bonds. The Hall–Kier alpha value is -3.81. The third-order valence-electron chi connectivity index (χ3n) is 3.66. The van der Waals surface area contributed by atoms with Crippen LogP contribution in [0.5, 0.6) is 5.75 Å². The molecule has 2 aromatic heterocycles. The van der Waals surface area contributed by atoms with Crippen molar-refractivity contribution < 1.29 is 18.7 Å². The Balaban J connectivity index is 1.72. The lowest BCUT2D eigenvalue weighted by Gasteiger charge is -2.11. The lowest BCUT2D eigenvalue weighted by atomic mass is 10.1. The van der Waals surface area contributed by atoms with Gasteiger partial charge in [-0.15, -0.1) is 0 Å². The molecule has 0 aliphatic rings. The van der Waals surface area contributed by atoms with Gasteiger partial charge < -0.3 is 15.8 Å². The van der Waals surface area contributed by atoms with Crippen molar-refractivity contribution in [3.63, 3.8) is 0 Å². The number of benzene rings is 1. The monoisotopic (exact) mass is 366 g/mol. The van der Waals surface area contributed by atoms with Gasteiger partial charge in [0.05, 0.1) is 17.4 Å². The summed E-state index contributed by atoms with van der Waals surface area (Å²) in [7, 11) is 0. The molecule has 0 saturated carbocycles. The first kappa shape index (κ1) is 18.0. The van der Waals surface area contributed by atoms with Crippen LogP contribution in [0.15, 0.2) is 61.2 Å². The van der Waals surface area contributed by atoms with Crippen molar-refractivity contribution in [3.8, 4) is 5.75 Å². The summed E-state index contributed by atoms with van der Waals surface area (Å²) >= 11 is 0. The van der Waals surface area contributed by atoms with E-state index in [4.69, 9.17) is 10.5 Å². The largest absolute Gasteiger partial charge is 0.487 e. The summed E-state index contributed by atoms with van der Waals surface area (Å²) in [6.45, 7) is -0.116. The topological polar surface area (TPSA) is 107 Å². The maximum Gasteiger partial charge on any atom is 0.255 e. The number of halogens is 1. The minimum absolute atomic E-state index is 0.0296. The molecule has 8 heteroatoms. The molecule has 0 bridgehead atoms. The first-order chi connectivity index (χ1) is 13.0. The molecule has 27 heavy (non-hydrogen) atoms. The van der Waals surface area contributed by atoms with Crippen molar-refractivity contribution in [2.75, 3.05) is 5.32 Å². The molecule has 3 rings (SSSR count). The zero-order chi connectivity index (χ0) is 19.2. The third kappa shape index (κ3) is 4.43. The predicted octanol–water partition coefficient (Wildman–Crippen LogP) is 2.55. The highest BCUT2D eigenvalue weighted by Crippen LogP contribution is 2.21. The van der Waals surface area contributed by atoms with Crippen molar-refractivity contribution in [2.45, 2.75) is 6.61 Å². The Morgan fingerprint density at radius 3 is 2.59 bits per heavy atom. The number of nitrogens with one attached hydrogen (secondary N) is 1. The molecule has 0 spiro atoms. The summed E-state index contributed by atoms with van der Waals surface area (Å²) in [5, 5.41) is 2.52. The van der Waals surface area contributed by atoms with E-state index in [-0.39, 0.29) is 29.2 Å². The molecular weight excluding hydrogens is 351 g/mol. The van der Waals surface area contributed by atoms with Crippen LogP contribution in [0.1, 0.15) is 26.3 Å². The number of aromatic nitrogens is 2. The molecule has 0 atom stereocenters. The van der Waals surface area contributed by atoms with Crippen molar-refractivity contribution in [3.05, 3.63) is 83.7 Å². The maximum atomic E-state index is 14.7. The number of rotatable bonds is 6. The molecule has 0 aliphatic carbocycles. The van der Waals surface area contributed by atoms with Gasteiger partial charge in [0, 0.05) is 29.7 Å². The zero-order valence-electron chi connectivity index (χ0n) is 14.1. The fraction of sp³-hybridized carbons (Fsp3) is 0.0526. The number of carbonyl (C=O) groups is 2. The molecule has 7 nitrogen and oxygen atoms in total. The van der Waals surface area contributed by atoms with E-state index in [1.165, 1.54) is 55.1 Å². The number of amides is 2. The first-order valence-electron chi connectivity index (χ1n) is 7.91. The highest BCUT2D eigenvalue weighted by Gasteiger charge is 2.13. The van der Waals surface area contributed by atoms with Gasteiger partial charge in [-0.25, -0.2) is 4.39 Å². The van der Waals surface area contributed by atoms with Crippen LogP contribution >= 0.6 is 0 Å². The molecule has 0 radical (unpaired) electrons. The summed E-state index contributed by atoms with van der Waals surface area (Å²) in [4.78, 5) is 31.0. The zero-order valence-corrected chi connectivity index (χ0v) is 14.1. The number of hydrogen-bond donors (Lipinski definition) is 2. The van der Waals surface area contributed by atoms with E-state index in [2.05, 4.69) is 15.3 Å². The molecule has 0 fully saturated rings. The summed E-state index contributed by atoms with van der Waals surface area (Å²) < 4.78 is 20.1. The summed E-state index contributed by atoms with van der Waals surface area (Å²) in [5.74, 6) is -1.43. The third-order valence-corrected chi connectivity index (χ3v) is 3.66. The first-order valence-corrected chi connectivity index (χ1v) is 7.91. The minimum Gasteiger partial charge on any atom is -0.487 e. The van der Waals surface area contributed by atoms with Crippen molar-refractivity contribution >= 4 is 17.5 Å². The van der Waals surface area contributed by atoms with Crippen molar-refractivity contribution in [1.29, 1.82) is 0 Å². The fourth-order valence-corrected chi connectivity index (χ4v) is 2.28. The average molecular weight is 366 g/mol. The van der Waals surface area contributed by atoms with E-state index in [0.29, 0.717) is 5.56 Å². The van der Waals surface area contributed by atoms with Crippen LogP contribution in [0.2, 0.25) is 0 Å². The van der Waals surface area contributed by atoms with E-state index in [0.717, 1.165) is 0 Å². The Morgan fingerprint density at radius 1 is 1.07 bits per heavy atom. The number of nitrogens with two attached hydrogens (primary N) is 1. The average Bonchev–Trinajstić information content (AvgIpc) is 2.69. The molecular formula is C19H15FN4O3. The molecule has 136 valence electrons. The second kappa shape index (κ2) is 8.05. The molecule has 1 aromatic carbocycles. The van der Waals surface area contributed by atoms with Gasteiger partial charge in [-0.05, 0) is 24.3 Å². The van der Waals surface area contributed by atoms with E-state index < -0.39 is 17.6 Å². The van der Waals surface area contributed by atoms with Crippen LogP contribution < -0.4 is 15.8 Å². The maximum absolute atomic E-state index is 14.7. The van der Waals surface area contributed by atoms with Gasteiger partial charge in [-0.1, -0.05) is 12.1 Å². The van der Waals surface area contributed by atoms with Gasteiger partial charge in [0.2, 0.25) is 5.91 Å². The van der Waals surface area contributed by atoms with Gasteiger partial charge in [-0.2, -0.15) is 0 Å². The van der Waals surface area contributed by atoms with Gasteiger partial charge in [-0.3, -0.25) is 19.6 Å². The number of anilines is 1. The Bertz CT molecular complexity index is 980.